The van der Waals surface area contributed by atoms with E-state index in [9.17, 15) is 10.2 Å². The number of likely N-dealkylation sites (tertiary alicyclic amines) is 1. The zero-order chi connectivity index (χ0) is 30.9. The Morgan fingerprint density at radius 2 is 1.31 bits per heavy atom. The molecule has 4 aromatic heterocycles. The highest BCUT2D eigenvalue weighted by Gasteiger charge is 2.21. The molecule has 5 heterocycles. The molecule has 0 aliphatic carbocycles. The van der Waals surface area contributed by atoms with E-state index in [1.807, 2.05) is 60.8 Å². The number of pyridine rings is 4. The zero-order valence-electron chi connectivity index (χ0n) is 24.1. The van der Waals surface area contributed by atoms with Crippen LogP contribution in [0.25, 0.3) is 32.9 Å². The number of hydrogen-bond acceptors (Lipinski definition) is 9. The molecule has 0 unspecified atom stereocenters. The molecule has 0 saturated carbocycles. The number of nitrogens with zero attached hydrogens (tertiary/aromatic N) is 5. The third-order valence-electron chi connectivity index (χ3n) is 7.94. The lowest BCUT2D eigenvalue weighted by atomic mass is 10.0. The summed E-state index contributed by atoms with van der Waals surface area (Å²) >= 11 is 14.0. The molecular weight excluding hydrogens is 609 g/mol. The standard InChI is InChI=1S/C34H29Cl2N7O2/c35-29-25(26-4-2-6-28(30(26)36)42-34-32-23(8-11-38-34)14-21(19-44)16-40-32)3-1-5-27(29)41-33-31-22(7-10-37-33)13-20(15-39-31)17-43-12-9-24(45)18-43/h1-8,10-11,13-16,24,44-45H,9,12,17-19H2,(H,37,41)(H,38,42)/t24-/m0/s1. The molecular formula is C34H29Cl2N7O2. The van der Waals surface area contributed by atoms with Gasteiger partial charge in [0.2, 0.25) is 0 Å². The van der Waals surface area contributed by atoms with E-state index in [2.05, 4.69) is 36.6 Å². The minimum atomic E-state index is -0.257. The molecule has 0 radical (unpaired) electrons. The summed E-state index contributed by atoms with van der Waals surface area (Å²) in [5.41, 5.74) is 6.01. The van der Waals surface area contributed by atoms with Gasteiger partial charge in [0.25, 0.3) is 0 Å². The first-order valence-electron chi connectivity index (χ1n) is 14.6. The van der Waals surface area contributed by atoms with Gasteiger partial charge < -0.3 is 20.8 Å². The second-order valence-corrected chi connectivity index (χ2v) is 11.8. The van der Waals surface area contributed by atoms with Crippen molar-refractivity contribution in [3.05, 3.63) is 107 Å². The summed E-state index contributed by atoms with van der Waals surface area (Å²) in [4.78, 5) is 20.5. The molecule has 4 N–H and O–H groups in total. The lowest BCUT2D eigenvalue weighted by Crippen LogP contribution is -2.21. The molecule has 2 aromatic carbocycles. The molecule has 1 aliphatic rings. The van der Waals surface area contributed by atoms with E-state index in [-0.39, 0.29) is 12.7 Å². The van der Waals surface area contributed by atoms with Crippen LogP contribution in [0.5, 0.6) is 0 Å². The number of hydrogen-bond donors (Lipinski definition) is 4. The van der Waals surface area contributed by atoms with Crippen molar-refractivity contribution >= 4 is 68.0 Å². The summed E-state index contributed by atoms with van der Waals surface area (Å²) < 4.78 is 0. The molecule has 9 nitrogen and oxygen atoms in total. The van der Waals surface area contributed by atoms with Crippen molar-refractivity contribution < 1.29 is 10.2 Å². The van der Waals surface area contributed by atoms with Crippen molar-refractivity contribution in [3.63, 3.8) is 0 Å². The van der Waals surface area contributed by atoms with Gasteiger partial charge in [0.05, 0.1) is 34.1 Å². The highest BCUT2D eigenvalue weighted by Crippen LogP contribution is 2.42. The third-order valence-corrected chi connectivity index (χ3v) is 8.76. The maximum atomic E-state index is 9.87. The lowest BCUT2D eigenvalue weighted by Gasteiger charge is -2.17. The molecule has 6 aromatic rings. The number of β-amino-alcohol motifs (C(OH)–C–C–N with tert-alkyl or cyclic N) is 1. The molecule has 7 rings (SSSR count). The summed E-state index contributed by atoms with van der Waals surface area (Å²) in [5.74, 6) is 1.14. The average Bonchev–Trinajstić information content (AvgIpc) is 3.47. The van der Waals surface area contributed by atoms with Crippen molar-refractivity contribution in [2.45, 2.75) is 25.7 Å². The van der Waals surface area contributed by atoms with Crippen molar-refractivity contribution in [3.8, 4) is 11.1 Å². The number of halogens is 2. The lowest BCUT2D eigenvalue weighted by molar-refractivity contribution is 0.175. The first-order chi connectivity index (χ1) is 22.0. The van der Waals surface area contributed by atoms with Gasteiger partial charge in [0, 0.05) is 66.3 Å². The van der Waals surface area contributed by atoms with Crippen LogP contribution in [-0.2, 0) is 13.2 Å². The van der Waals surface area contributed by atoms with Crippen LogP contribution in [0.3, 0.4) is 0 Å². The summed E-state index contributed by atoms with van der Waals surface area (Å²) in [6, 6.07) is 19.2. The topological polar surface area (TPSA) is 119 Å². The predicted octanol–water partition coefficient (Wildman–Crippen LogP) is 7.09. The summed E-state index contributed by atoms with van der Waals surface area (Å²) in [7, 11) is 0. The SMILES string of the molecule is OCc1cnc2c(Nc3cccc(-c4cccc(Nc5nccc6cc(CN7CC[C@H](O)C7)cnc56)c4Cl)c3Cl)nccc2c1. The Bertz CT molecular complexity index is 2040. The molecule has 1 saturated heterocycles. The Labute approximate surface area is 269 Å². The predicted molar refractivity (Wildman–Crippen MR) is 179 cm³/mol. The van der Waals surface area contributed by atoms with Crippen LogP contribution in [-0.4, -0.2) is 54.2 Å². The Hall–Kier alpha value is -4.38. The minimum absolute atomic E-state index is 0.0874. The molecule has 1 atom stereocenters. The van der Waals surface area contributed by atoms with Gasteiger partial charge in [-0.15, -0.1) is 0 Å². The van der Waals surface area contributed by atoms with Crippen LogP contribution >= 0.6 is 23.2 Å². The normalized spacial score (nSPS) is 15.2. The maximum Gasteiger partial charge on any atom is 0.156 e. The van der Waals surface area contributed by atoms with Crippen LogP contribution in [0.2, 0.25) is 10.0 Å². The fraction of sp³-hybridized carbons (Fsp3) is 0.176. The monoisotopic (exact) mass is 637 g/mol. The smallest absolute Gasteiger partial charge is 0.156 e. The van der Waals surface area contributed by atoms with E-state index < -0.39 is 0 Å². The largest absolute Gasteiger partial charge is 0.392 e. The van der Waals surface area contributed by atoms with Crippen LogP contribution < -0.4 is 10.6 Å². The number of anilines is 4. The average molecular weight is 639 g/mol. The van der Waals surface area contributed by atoms with E-state index >= 15 is 0 Å². The Morgan fingerprint density at radius 3 is 1.84 bits per heavy atom. The van der Waals surface area contributed by atoms with Gasteiger partial charge in [-0.05, 0) is 53.9 Å². The Kier molecular flexibility index (Phi) is 8.18. The maximum absolute atomic E-state index is 9.87. The van der Waals surface area contributed by atoms with Crippen molar-refractivity contribution in [1.82, 2.24) is 24.8 Å². The van der Waals surface area contributed by atoms with Crippen molar-refractivity contribution in [2.75, 3.05) is 23.7 Å². The zero-order valence-corrected chi connectivity index (χ0v) is 25.6. The van der Waals surface area contributed by atoms with E-state index in [0.29, 0.717) is 45.1 Å². The molecule has 1 fully saturated rings. The van der Waals surface area contributed by atoms with Gasteiger partial charge in [-0.25, -0.2) is 9.97 Å². The molecule has 0 bridgehead atoms. The van der Waals surface area contributed by atoms with Gasteiger partial charge in [-0.3, -0.25) is 14.9 Å². The Morgan fingerprint density at radius 1 is 0.756 bits per heavy atom. The third kappa shape index (κ3) is 6.01. The summed E-state index contributed by atoms with van der Waals surface area (Å²) in [6.45, 7) is 2.22. The second-order valence-electron chi connectivity index (χ2n) is 11.1. The van der Waals surface area contributed by atoms with Gasteiger partial charge in [0.1, 0.15) is 11.0 Å². The highest BCUT2D eigenvalue weighted by atomic mass is 35.5. The fourth-order valence-corrected chi connectivity index (χ4v) is 6.26. The van der Waals surface area contributed by atoms with Crippen LogP contribution in [0, 0.1) is 0 Å². The van der Waals surface area contributed by atoms with Crippen molar-refractivity contribution in [2.24, 2.45) is 0 Å². The highest BCUT2D eigenvalue weighted by molar-refractivity contribution is 6.39. The first-order valence-corrected chi connectivity index (χ1v) is 15.3. The number of benzene rings is 2. The molecule has 1 aliphatic heterocycles. The van der Waals surface area contributed by atoms with Gasteiger partial charge in [0.15, 0.2) is 11.6 Å². The number of rotatable bonds is 8. The summed E-state index contributed by atoms with van der Waals surface area (Å²) in [6.07, 6.45) is 7.48. The number of fused-ring (bicyclic) bond motifs is 2. The van der Waals surface area contributed by atoms with E-state index in [1.165, 1.54) is 0 Å². The quantitative estimate of drug-likeness (QED) is 0.139. The van der Waals surface area contributed by atoms with E-state index in [1.54, 1.807) is 18.6 Å². The van der Waals surface area contributed by atoms with Crippen LogP contribution in [0.15, 0.2) is 85.5 Å². The fourth-order valence-electron chi connectivity index (χ4n) is 5.71. The first kappa shape index (κ1) is 29.3. The molecule has 0 spiro atoms. The number of aliphatic hydroxyl groups excluding tert-OH is 2. The van der Waals surface area contributed by atoms with Gasteiger partial charge in [-0.1, -0.05) is 47.5 Å². The van der Waals surface area contributed by atoms with Crippen molar-refractivity contribution in [1.29, 1.82) is 0 Å². The molecule has 11 heteroatoms. The Balaban J connectivity index is 1.17. The van der Waals surface area contributed by atoms with Gasteiger partial charge >= 0.3 is 0 Å². The minimum Gasteiger partial charge on any atom is -0.392 e. The number of aromatic nitrogens is 4. The van der Waals surface area contributed by atoms with E-state index in [0.717, 1.165) is 58.1 Å². The van der Waals surface area contributed by atoms with Crippen LogP contribution in [0.4, 0.5) is 23.0 Å². The molecule has 226 valence electrons. The summed E-state index contributed by atoms with van der Waals surface area (Å²) in [5, 5.41) is 28.9. The van der Waals surface area contributed by atoms with Gasteiger partial charge in [-0.2, -0.15) is 0 Å². The number of nitrogens with one attached hydrogen (secondary N) is 2. The molecule has 45 heavy (non-hydrogen) atoms. The number of aliphatic hydroxyl groups is 2. The van der Waals surface area contributed by atoms with E-state index in [4.69, 9.17) is 28.2 Å². The second kappa shape index (κ2) is 12.5. The molecule has 0 amide bonds. The van der Waals surface area contributed by atoms with Crippen LogP contribution in [0.1, 0.15) is 17.5 Å².